The summed E-state index contributed by atoms with van der Waals surface area (Å²) >= 11 is 0. The molecule has 0 bridgehead atoms. The van der Waals surface area contributed by atoms with Crippen molar-refractivity contribution in [2.24, 2.45) is 0 Å². The predicted molar refractivity (Wildman–Crippen MR) is 179 cm³/mol. The molecule has 10 nitrogen and oxygen atoms in total. The third-order valence-corrected chi connectivity index (χ3v) is 9.45. The SMILES string of the molecule is COc1cccc(CN(C(=O)CN(c2ccc(F)cc2)S(=O)(=O)c2ccc3c(c2)OCCO3)[C@H](Cc2ccccc2)C(=O)NC(C)C)c1. The van der Waals surface area contributed by atoms with Crippen molar-refractivity contribution in [3.63, 3.8) is 0 Å². The van der Waals surface area contributed by atoms with Gasteiger partial charge in [0.15, 0.2) is 11.5 Å². The molecule has 48 heavy (non-hydrogen) atoms. The third kappa shape index (κ3) is 8.24. The van der Waals surface area contributed by atoms with Crippen LogP contribution in [0.4, 0.5) is 10.1 Å². The number of hydrogen-bond donors (Lipinski definition) is 1. The lowest BCUT2D eigenvalue weighted by molar-refractivity contribution is -0.140. The maximum absolute atomic E-state index is 14.6. The highest BCUT2D eigenvalue weighted by molar-refractivity contribution is 7.92. The van der Waals surface area contributed by atoms with E-state index < -0.39 is 40.2 Å². The van der Waals surface area contributed by atoms with E-state index in [1.807, 2.05) is 44.2 Å². The second-order valence-electron chi connectivity index (χ2n) is 11.5. The normalized spacial score (nSPS) is 13.0. The molecule has 0 fully saturated rings. The van der Waals surface area contributed by atoms with Crippen LogP contribution in [-0.2, 0) is 32.6 Å². The van der Waals surface area contributed by atoms with E-state index in [0.29, 0.717) is 23.7 Å². The van der Waals surface area contributed by atoms with E-state index in [2.05, 4.69) is 5.32 Å². The highest BCUT2D eigenvalue weighted by atomic mass is 32.2. The highest BCUT2D eigenvalue weighted by Crippen LogP contribution is 2.34. The summed E-state index contributed by atoms with van der Waals surface area (Å²) in [6.45, 7) is 3.50. The Morgan fingerprint density at radius 2 is 1.56 bits per heavy atom. The maximum Gasteiger partial charge on any atom is 0.264 e. The molecule has 0 spiro atoms. The van der Waals surface area contributed by atoms with E-state index in [0.717, 1.165) is 22.0 Å². The van der Waals surface area contributed by atoms with E-state index in [1.54, 1.807) is 24.3 Å². The van der Waals surface area contributed by atoms with E-state index in [4.69, 9.17) is 14.2 Å². The zero-order valence-electron chi connectivity index (χ0n) is 27.0. The number of benzene rings is 4. The van der Waals surface area contributed by atoms with Crippen LogP contribution >= 0.6 is 0 Å². The van der Waals surface area contributed by atoms with Gasteiger partial charge >= 0.3 is 0 Å². The molecule has 0 radical (unpaired) electrons. The van der Waals surface area contributed by atoms with Crippen molar-refractivity contribution in [2.45, 2.75) is 43.8 Å². The molecule has 4 aromatic carbocycles. The molecule has 0 aromatic heterocycles. The second-order valence-corrected chi connectivity index (χ2v) is 13.4. The van der Waals surface area contributed by atoms with Gasteiger partial charge in [0.25, 0.3) is 10.0 Å². The number of nitrogens with one attached hydrogen (secondary N) is 1. The van der Waals surface area contributed by atoms with Crippen molar-refractivity contribution >= 4 is 27.5 Å². The Balaban J connectivity index is 1.58. The molecule has 2 amide bonds. The standard InChI is InChI=1S/C36H38FN3O7S/c1-25(2)38-36(42)32(21-26-8-5-4-6-9-26)39(23-27-10-7-11-30(20-27)45-3)35(41)24-40(29-14-12-28(37)13-15-29)48(43,44)31-16-17-33-34(22-31)47-19-18-46-33/h4-17,20,22,25,32H,18-19,21,23-24H2,1-3H3,(H,38,42)/t32-/m1/s1. The first-order valence-electron chi connectivity index (χ1n) is 15.5. The van der Waals surface area contributed by atoms with E-state index in [-0.39, 0.29) is 41.9 Å². The van der Waals surface area contributed by atoms with E-state index >= 15 is 0 Å². The lowest BCUT2D eigenvalue weighted by Gasteiger charge is -2.34. The molecule has 1 N–H and O–H groups in total. The fraction of sp³-hybridized carbons (Fsp3) is 0.278. The fourth-order valence-corrected chi connectivity index (χ4v) is 6.78. The Kier molecular flexibility index (Phi) is 10.8. The molecule has 0 saturated heterocycles. The number of ether oxygens (including phenoxy) is 3. The molecule has 4 aromatic rings. The monoisotopic (exact) mass is 675 g/mol. The maximum atomic E-state index is 14.6. The van der Waals surface area contributed by atoms with Gasteiger partial charge in [-0.25, -0.2) is 12.8 Å². The lowest BCUT2D eigenvalue weighted by atomic mass is 10.0. The number of rotatable bonds is 13. The molecule has 0 saturated carbocycles. The molecule has 1 aliphatic rings. The first-order chi connectivity index (χ1) is 23.0. The number of fused-ring (bicyclic) bond motifs is 1. The van der Waals surface area contributed by atoms with Gasteiger partial charge in [-0.1, -0.05) is 42.5 Å². The van der Waals surface area contributed by atoms with Crippen LogP contribution in [-0.4, -0.2) is 64.1 Å². The summed E-state index contributed by atoms with van der Waals surface area (Å²) in [7, 11) is -2.90. The Hall–Kier alpha value is -5.10. The summed E-state index contributed by atoms with van der Waals surface area (Å²) in [4.78, 5) is 29.6. The van der Waals surface area contributed by atoms with Crippen LogP contribution < -0.4 is 23.8 Å². The van der Waals surface area contributed by atoms with Crippen molar-refractivity contribution in [3.8, 4) is 17.2 Å². The Morgan fingerprint density at radius 1 is 0.875 bits per heavy atom. The number of sulfonamides is 1. The average molecular weight is 676 g/mol. The van der Waals surface area contributed by atoms with E-state index in [9.17, 15) is 22.4 Å². The summed E-state index contributed by atoms with van der Waals surface area (Å²) in [5, 5.41) is 2.93. The number of halogens is 1. The number of carbonyl (C=O) groups excluding carboxylic acids is 2. The predicted octanol–water partition coefficient (Wildman–Crippen LogP) is 4.97. The number of carbonyl (C=O) groups is 2. The summed E-state index contributed by atoms with van der Waals surface area (Å²) in [6, 6.07) is 24.1. The van der Waals surface area contributed by atoms with Crippen LogP contribution in [0.3, 0.4) is 0 Å². The minimum Gasteiger partial charge on any atom is -0.497 e. The quantitative estimate of drug-likeness (QED) is 0.213. The fourth-order valence-electron chi connectivity index (χ4n) is 5.35. The van der Waals surface area contributed by atoms with Gasteiger partial charge in [0.1, 0.15) is 37.4 Å². The first kappa shape index (κ1) is 34.2. The molecular weight excluding hydrogens is 637 g/mol. The van der Waals surface area contributed by atoms with Gasteiger partial charge in [0.05, 0.1) is 17.7 Å². The number of nitrogens with zero attached hydrogens (tertiary/aromatic N) is 2. The summed E-state index contributed by atoms with van der Waals surface area (Å²) in [6.07, 6.45) is 0.167. The van der Waals surface area contributed by atoms with Gasteiger partial charge in [-0.05, 0) is 73.5 Å². The summed E-state index contributed by atoms with van der Waals surface area (Å²) in [5.41, 5.74) is 1.54. The number of amides is 2. The van der Waals surface area contributed by atoms with Gasteiger partial charge in [0.2, 0.25) is 11.8 Å². The van der Waals surface area contributed by atoms with Gasteiger partial charge < -0.3 is 24.4 Å². The Morgan fingerprint density at radius 3 is 2.25 bits per heavy atom. The number of hydrogen-bond acceptors (Lipinski definition) is 7. The van der Waals surface area contributed by atoms with Crippen molar-refractivity contribution in [1.29, 1.82) is 0 Å². The van der Waals surface area contributed by atoms with Gasteiger partial charge in [-0.2, -0.15) is 0 Å². The minimum atomic E-state index is -4.43. The first-order valence-corrected chi connectivity index (χ1v) is 16.9. The molecule has 0 aliphatic carbocycles. The van der Waals surface area contributed by atoms with Crippen LogP contribution in [0.15, 0.2) is 102 Å². The minimum absolute atomic E-state index is 0.0274. The largest absolute Gasteiger partial charge is 0.497 e. The molecule has 1 aliphatic heterocycles. The third-order valence-electron chi connectivity index (χ3n) is 7.68. The van der Waals surface area contributed by atoms with Gasteiger partial charge in [-0.3, -0.25) is 13.9 Å². The lowest BCUT2D eigenvalue weighted by Crippen LogP contribution is -2.54. The van der Waals surface area contributed by atoms with E-state index in [1.165, 1.54) is 42.3 Å². The van der Waals surface area contributed by atoms with Crippen LogP contribution in [0.5, 0.6) is 17.2 Å². The van der Waals surface area contributed by atoms with Crippen molar-refractivity contribution < 1.29 is 36.6 Å². The highest BCUT2D eigenvalue weighted by Gasteiger charge is 2.35. The summed E-state index contributed by atoms with van der Waals surface area (Å²) < 4.78 is 60.2. The topological polar surface area (TPSA) is 114 Å². The zero-order valence-corrected chi connectivity index (χ0v) is 27.8. The molecular formula is C36H38FN3O7S. The van der Waals surface area contributed by atoms with Crippen LogP contribution in [0.1, 0.15) is 25.0 Å². The van der Waals surface area contributed by atoms with Crippen molar-refractivity contribution in [2.75, 3.05) is 31.2 Å². The van der Waals surface area contributed by atoms with Gasteiger partial charge in [0, 0.05) is 25.1 Å². The Bertz CT molecular complexity index is 1840. The molecule has 252 valence electrons. The molecule has 12 heteroatoms. The molecule has 1 atom stereocenters. The molecule has 5 rings (SSSR count). The second kappa shape index (κ2) is 15.2. The zero-order chi connectivity index (χ0) is 34.3. The van der Waals surface area contributed by atoms with Crippen molar-refractivity contribution in [3.05, 3.63) is 114 Å². The van der Waals surface area contributed by atoms with Crippen molar-refractivity contribution in [1.82, 2.24) is 10.2 Å². The van der Waals surface area contributed by atoms with Crippen LogP contribution in [0.2, 0.25) is 0 Å². The Labute approximate surface area is 280 Å². The molecule has 0 unspecified atom stereocenters. The van der Waals surface area contributed by atoms with Crippen LogP contribution in [0, 0.1) is 5.82 Å². The number of anilines is 1. The smallest absolute Gasteiger partial charge is 0.264 e. The average Bonchev–Trinajstić information content (AvgIpc) is 3.09. The molecule has 1 heterocycles. The van der Waals surface area contributed by atoms with Crippen LogP contribution in [0.25, 0.3) is 0 Å². The summed E-state index contributed by atoms with van der Waals surface area (Å²) in [5.74, 6) is -0.416. The van der Waals surface area contributed by atoms with Gasteiger partial charge in [-0.15, -0.1) is 0 Å². The number of methoxy groups -OCH3 is 1.